The van der Waals surface area contributed by atoms with Crippen LogP contribution in [0.4, 0.5) is 0 Å². The first-order chi connectivity index (χ1) is 19.7. The van der Waals surface area contributed by atoms with E-state index in [0.29, 0.717) is 5.92 Å². The molecule has 0 saturated carbocycles. The second-order valence-corrected chi connectivity index (χ2v) is 10.7. The summed E-state index contributed by atoms with van der Waals surface area (Å²) in [6.07, 6.45) is 9.15. The minimum Gasteiger partial charge on any atom is -0.299 e. The van der Waals surface area contributed by atoms with E-state index in [2.05, 4.69) is 82.7 Å². The van der Waals surface area contributed by atoms with Gasteiger partial charge >= 0.3 is 0 Å². The lowest BCUT2D eigenvalue weighted by atomic mass is 9.93. The van der Waals surface area contributed by atoms with Crippen molar-refractivity contribution in [2.24, 2.45) is 0 Å². The molecule has 1 aliphatic rings. The van der Waals surface area contributed by atoms with Crippen LogP contribution < -0.4 is 0 Å². The maximum absolute atomic E-state index is 5.13. The Morgan fingerprint density at radius 3 is 2.30 bits per heavy atom. The lowest BCUT2D eigenvalue weighted by molar-refractivity contribution is 0.203. The lowest BCUT2D eigenvalue weighted by Gasteiger charge is -2.31. The molecular formula is C34H32N6. The number of rotatable bonds is 6. The second-order valence-electron chi connectivity index (χ2n) is 10.7. The number of piperidine rings is 1. The first-order valence-electron chi connectivity index (χ1n) is 14.2. The molecule has 0 radical (unpaired) electrons. The monoisotopic (exact) mass is 524 g/mol. The van der Waals surface area contributed by atoms with E-state index in [9.17, 15) is 0 Å². The van der Waals surface area contributed by atoms with Crippen LogP contribution in [-0.4, -0.2) is 42.6 Å². The summed E-state index contributed by atoms with van der Waals surface area (Å²) in [7, 11) is 0. The fraction of sp³-hybridized carbons (Fsp3) is 0.235. The summed E-state index contributed by atoms with van der Waals surface area (Å²) in [5.74, 6) is 0.477. The van der Waals surface area contributed by atoms with Crippen molar-refractivity contribution in [1.29, 1.82) is 0 Å². The number of aryl methyl sites for hydroxylation is 1. The summed E-state index contributed by atoms with van der Waals surface area (Å²) in [5.41, 5.74) is 10.9. The molecule has 6 aromatic rings. The third-order valence-electron chi connectivity index (χ3n) is 8.14. The van der Waals surface area contributed by atoms with Gasteiger partial charge in [0.15, 0.2) is 5.65 Å². The highest BCUT2D eigenvalue weighted by atomic mass is 15.2. The molecule has 1 fully saturated rings. The highest BCUT2D eigenvalue weighted by Gasteiger charge is 2.22. The Balaban J connectivity index is 1.08. The summed E-state index contributed by atoms with van der Waals surface area (Å²) in [6, 6.07) is 27.6. The minimum atomic E-state index is 0.477. The van der Waals surface area contributed by atoms with Crippen LogP contribution in [0.25, 0.3) is 39.1 Å². The number of para-hydroxylation sites is 2. The zero-order valence-corrected chi connectivity index (χ0v) is 22.7. The molecule has 198 valence electrons. The topological polar surface area (TPSA) is 59.2 Å². The number of nitrogens with zero attached hydrogens (tertiary/aromatic N) is 6. The van der Waals surface area contributed by atoms with Gasteiger partial charge in [-0.15, -0.1) is 0 Å². The minimum absolute atomic E-state index is 0.477. The number of fused-ring (bicyclic) bond motifs is 2. The van der Waals surface area contributed by atoms with Gasteiger partial charge in [0, 0.05) is 41.5 Å². The molecule has 1 aliphatic heterocycles. The molecule has 3 aromatic carbocycles. The number of hydrogen-bond acceptors (Lipinski definition) is 5. The standard InChI is InChI=1S/C34H32N6/c1-2-25-20-36-40-23-29(26-8-4-3-5-9-26)33(38-34(25)40)28-14-12-24(13-15-28)22-39-18-16-27(17-19-39)32-21-35-30-10-6-7-11-31(30)37-32/h3-15,20-21,23,27H,2,16-19,22H2,1H3. The van der Waals surface area contributed by atoms with E-state index in [4.69, 9.17) is 9.97 Å². The Hall–Kier alpha value is -4.42. The Bertz CT molecular complexity index is 1770. The summed E-state index contributed by atoms with van der Waals surface area (Å²) < 4.78 is 1.91. The molecule has 0 atom stereocenters. The molecule has 4 heterocycles. The Labute approximate surface area is 234 Å². The van der Waals surface area contributed by atoms with E-state index in [1.165, 1.54) is 5.56 Å². The number of likely N-dealkylation sites (tertiary alicyclic amines) is 1. The molecule has 0 aliphatic carbocycles. The van der Waals surface area contributed by atoms with Crippen LogP contribution in [0.2, 0.25) is 0 Å². The molecule has 1 saturated heterocycles. The summed E-state index contributed by atoms with van der Waals surface area (Å²) >= 11 is 0. The molecule has 7 rings (SSSR count). The maximum atomic E-state index is 5.13. The first-order valence-corrected chi connectivity index (χ1v) is 14.2. The van der Waals surface area contributed by atoms with Crippen molar-refractivity contribution in [2.45, 2.75) is 38.6 Å². The molecule has 0 bridgehead atoms. The first kappa shape index (κ1) is 24.6. The molecule has 0 N–H and O–H groups in total. The van der Waals surface area contributed by atoms with E-state index in [1.807, 2.05) is 41.2 Å². The molecule has 6 heteroatoms. The normalized spacial score (nSPS) is 14.7. The van der Waals surface area contributed by atoms with E-state index in [-0.39, 0.29) is 0 Å². The van der Waals surface area contributed by atoms with Crippen molar-refractivity contribution in [3.05, 3.63) is 114 Å². The van der Waals surface area contributed by atoms with Crippen molar-refractivity contribution < 1.29 is 0 Å². The Kier molecular flexibility index (Phi) is 6.54. The highest BCUT2D eigenvalue weighted by molar-refractivity contribution is 5.82. The van der Waals surface area contributed by atoms with E-state index < -0.39 is 0 Å². The average molecular weight is 525 g/mol. The van der Waals surface area contributed by atoms with Crippen molar-refractivity contribution >= 4 is 16.7 Å². The molecule has 0 amide bonds. The molecule has 6 nitrogen and oxygen atoms in total. The quantitative estimate of drug-likeness (QED) is 0.236. The van der Waals surface area contributed by atoms with Crippen LogP contribution >= 0.6 is 0 Å². The van der Waals surface area contributed by atoms with Crippen LogP contribution in [0.5, 0.6) is 0 Å². The smallest absolute Gasteiger partial charge is 0.158 e. The van der Waals surface area contributed by atoms with Gasteiger partial charge in [0.05, 0.1) is 28.6 Å². The van der Waals surface area contributed by atoms with Gasteiger partial charge in [-0.05, 0) is 55.6 Å². The SMILES string of the molecule is CCc1cnn2cc(-c3ccccc3)c(-c3ccc(CN4CCC(c5cnc6ccccc6n5)CC4)cc3)nc12. The van der Waals surface area contributed by atoms with E-state index >= 15 is 0 Å². The molecule has 0 spiro atoms. The lowest BCUT2D eigenvalue weighted by Crippen LogP contribution is -2.32. The van der Waals surface area contributed by atoms with Gasteiger partial charge in [-0.3, -0.25) is 9.88 Å². The largest absolute Gasteiger partial charge is 0.299 e. The maximum Gasteiger partial charge on any atom is 0.158 e. The van der Waals surface area contributed by atoms with Crippen molar-refractivity contribution in [1.82, 2.24) is 29.5 Å². The third-order valence-corrected chi connectivity index (χ3v) is 8.14. The van der Waals surface area contributed by atoms with Crippen LogP contribution in [0.3, 0.4) is 0 Å². The van der Waals surface area contributed by atoms with Crippen LogP contribution in [-0.2, 0) is 13.0 Å². The summed E-state index contributed by atoms with van der Waals surface area (Å²) in [4.78, 5) is 17.2. The van der Waals surface area contributed by atoms with Crippen LogP contribution in [0, 0.1) is 0 Å². The highest BCUT2D eigenvalue weighted by Crippen LogP contribution is 2.32. The van der Waals surface area contributed by atoms with Gasteiger partial charge in [0.1, 0.15) is 0 Å². The van der Waals surface area contributed by atoms with Gasteiger partial charge in [0.25, 0.3) is 0 Å². The molecule has 0 unspecified atom stereocenters. The predicted molar refractivity (Wildman–Crippen MR) is 160 cm³/mol. The average Bonchev–Trinajstić information content (AvgIpc) is 3.43. The third kappa shape index (κ3) is 4.75. The van der Waals surface area contributed by atoms with Crippen molar-refractivity contribution in [3.63, 3.8) is 0 Å². The number of benzene rings is 3. The Morgan fingerprint density at radius 1 is 0.775 bits per heavy atom. The van der Waals surface area contributed by atoms with Crippen molar-refractivity contribution in [3.8, 4) is 22.4 Å². The number of hydrogen-bond donors (Lipinski definition) is 0. The summed E-state index contributed by atoms with van der Waals surface area (Å²) in [5, 5.41) is 4.57. The molecule has 3 aromatic heterocycles. The van der Waals surface area contributed by atoms with Gasteiger partial charge in [0.2, 0.25) is 0 Å². The van der Waals surface area contributed by atoms with E-state index in [1.54, 1.807) is 0 Å². The second kappa shape index (κ2) is 10.6. The molecule has 40 heavy (non-hydrogen) atoms. The zero-order chi connectivity index (χ0) is 26.9. The van der Waals surface area contributed by atoms with Gasteiger partial charge in [-0.25, -0.2) is 14.5 Å². The van der Waals surface area contributed by atoms with Gasteiger partial charge in [-0.1, -0.05) is 73.7 Å². The van der Waals surface area contributed by atoms with Crippen LogP contribution in [0.15, 0.2) is 97.5 Å². The Morgan fingerprint density at radius 2 is 1.52 bits per heavy atom. The van der Waals surface area contributed by atoms with Crippen molar-refractivity contribution in [2.75, 3.05) is 13.1 Å². The van der Waals surface area contributed by atoms with Gasteiger partial charge in [-0.2, -0.15) is 5.10 Å². The fourth-order valence-electron chi connectivity index (χ4n) is 5.84. The van der Waals surface area contributed by atoms with Gasteiger partial charge < -0.3 is 0 Å². The van der Waals surface area contributed by atoms with Crippen LogP contribution in [0.1, 0.15) is 42.5 Å². The predicted octanol–water partition coefficient (Wildman–Crippen LogP) is 6.95. The fourth-order valence-corrected chi connectivity index (χ4v) is 5.84. The number of aromatic nitrogens is 5. The summed E-state index contributed by atoms with van der Waals surface area (Å²) in [6.45, 7) is 5.24. The molecular weight excluding hydrogens is 492 g/mol. The zero-order valence-electron chi connectivity index (χ0n) is 22.7. The van der Waals surface area contributed by atoms with E-state index in [0.717, 1.165) is 89.2 Å².